The Bertz CT molecular complexity index is 702. The summed E-state index contributed by atoms with van der Waals surface area (Å²) in [5.41, 5.74) is 1.00. The van der Waals surface area contributed by atoms with E-state index < -0.39 is 12.6 Å². The number of benzene rings is 2. The number of hydrogen-bond acceptors (Lipinski definition) is 5. The lowest BCUT2D eigenvalue weighted by molar-refractivity contribution is -0.135. The average molecular weight is 343 g/mol. The second kappa shape index (κ2) is 9.44. The van der Waals surface area contributed by atoms with Gasteiger partial charge < -0.3 is 19.5 Å². The van der Waals surface area contributed by atoms with E-state index in [4.69, 9.17) is 9.47 Å². The lowest BCUT2D eigenvalue weighted by Crippen LogP contribution is -2.36. The molecule has 0 aliphatic carbocycles. The van der Waals surface area contributed by atoms with Gasteiger partial charge in [0.15, 0.2) is 6.61 Å². The van der Waals surface area contributed by atoms with Gasteiger partial charge in [-0.25, -0.2) is 4.79 Å². The van der Waals surface area contributed by atoms with Crippen LogP contribution in [-0.2, 0) is 20.8 Å². The first-order chi connectivity index (χ1) is 12.1. The molecular weight excluding hydrogens is 322 g/mol. The summed E-state index contributed by atoms with van der Waals surface area (Å²) in [6.45, 7) is 0.769. The maximum atomic E-state index is 12.4. The van der Waals surface area contributed by atoms with Crippen molar-refractivity contribution in [3.63, 3.8) is 0 Å². The maximum Gasteiger partial charge on any atom is 0.342 e. The van der Waals surface area contributed by atoms with E-state index >= 15 is 0 Å². The van der Waals surface area contributed by atoms with Gasteiger partial charge in [-0.05, 0) is 17.7 Å². The molecule has 2 aromatic rings. The lowest BCUT2D eigenvalue weighted by Gasteiger charge is -2.22. The van der Waals surface area contributed by atoms with Crippen LogP contribution in [-0.4, -0.2) is 48.8 Å². The predicted molar refractivity (Wildman–Crippen MR) is 92.1 cm³/mol. The topological polar surface area (TPSA) is 76.1 Å². The SMILES string of the molecule is COCCN(Cc1ccccc1)C(=O)COC(=O)c1ccccc1O. The highest BCUT2D eigenvalue weighted by molar-refractivity contribution is 5.93. The Morgan fingerprint density at radius 3 is 2.40 bits per heavy atom. The van der Waals surface area contributed by atoms with E-state index in [0.717, 1.165) is 5.56 Å². The molecule has 0 bridgehead atoms. The first-order valence-electron chi connectivity index (χ1n) is 7.87. The van der Waals surface area contributed by atoms with Gasteiger partial charge in [-0.15, -0.1) is 0 Å². The van der Waals surface area contributed by atoms with E-state index in [2.05, 4.69) is 0 Å². The summed E-state index contributed by atoms with van der Waals surface area (Å²) >= 11 is 0. The molecule has 6 heteroatoms. The van der Waals surface area contributed by atoms with Gasteiger partial charge in [-0.2, -0.15) is 0 Å². The number of amides is 1. The Balaban J connectivity index is 1.96. The van der Waals surface area contributed by atoms with Crippen LogP contribution in [0.15, 0.2) is 54.6 Å². The van der Waals surface area contributed by atoms with Crippen LogP contribution in [0.1, 0.15) is 15.9 Å². The Morgan fingerprint density at radius 1 is 1.04 bits per heavy atom. The maximum absolute atomic E-state index is 12.4. The zero-order valence-corrected chi connectivity index (χ0v) is 14.1. The van der Waals surface area contributed by atoms with Crippen LogP contribution >= 0.6 is 0 Å². The van der Waals surface area contributed by atoms with Crippen molar-refractivity contribution in [2.75, 3.05) is 26.9 Å². The lowest BCUT2D eigenvalue weighted by atomic mass is 10.2. The highest BCUT2D eigenvalue weighted by Gasteiger charge is 2.18. The van der Waals surface area contributed by atoms with Gasteiger partial charge in [0.25, 0.3) is 5.91 Å². The number of phenols is 1. The number of aromatic hydroxyl groups is 1. The molecule has 2 rings (SSSR count). The number of carbonyl (C=O) groups excluding carboxylic acids is 2. The fourth-order valence-electron chi connectivity index (χ4n) is 2.24. The monoisotopic (exact) mass is 343 g/mol. The quantitative estimate of drug-likeness (QED) is 0.744. The summed E-state index contributed by atoms with van der Waals surface area (Å²) in [6.07, 6.45) is 0. The van der Waals surface area contributed by atoms with Gasteiger partial charge in [0.1, 0.15) is 11.3 Å². The van der Waals surface area contributed by atoms with E-state index in [0.29, 0.717) is 19.7 Å². The number of phenolic OH excluding ortho intramolecular Hbond substituents is 1. The normalized spacial score (nSPS) is 10.3. The molecule has 0 spiro atoms. The molecule has 0 heterocycles. The molecule has 1 amide bonds. The number of rotatable bonds is 8. The molecule has 0 aliphatic heterocycles. The van der Waals surface area contributed by atoms with Crippen molar-refractivity contribution in [1.29, 1.82) is 0 Å². The van der Waals surface area contributed by atoms with Crippen LogP contribution in [0, 0.1) is 0 Å². The number of hydrogen-bond donors (Lipinski definition) is 1. The molecule has 2 aromatic carbocycles. The van der Waals surface area contributed by atoms with Crippen molar-refractivity contribution in [3.8, 4) is 5.75 Å². The van der Waals surface area contributed by atoms with Crippen LogP contribution in [0.5, 0.6) is 5.75 Å². The van der Waals surface area contributed by atoms with Gasteiger partial charge in [-0.1, -0.05) is 42.5 Å². The third-order valence-corrected chi connectivity index (χ3v) is 3.58. The Labute approximate surface area is 146 Å². The molecule has 0 unspecified atom stereocenters. The van der Waals surface area contributed by atoms with Crippen LogP contribution in [0.3, 0.4) is 0 Å². The van der Waals surface area contributed by atoms with E-state index in [1.54, 1.807) is 24.1 Å². The summed E-state index contributed by atoms with van der Waals surface area (Å²) in [5.74, 6) is -1.25. The molecule has 0 radical (unpaired) electrons. The summed E-state index contributed by atoms with van der Waals surface area (Å²) in [6, 6.07) is 15.6. The van der Waals surface area contributed by atoms with Crippen LogP contribution < -0.4 is 0 Å². The molecule has 0 aliphatic rings. The minimum atomic E-state index is -0.738. The van der Waals surface area contributed by atoms with Crippen molar-refractivity contribution in [3.05, 3.63) is 65.7 Å². The average Bonchev–Trinajstić information content (AvgIpc) is 2.64. The zero-order valence-electron chi connectivity index (χ0n) is 14.1. The van der Waals surface area contributed by atoms with Crippen molar-refractivity contribution in [2.45, 2.75) is 6.54 Å². The van der Waals surface area contributed by atoms with Gasteiger partial charge in [0.05, 0.1) is 6.61 Å². The Kier molecular flexibility index (Phi) is 6.98. The van der Waals surface area contributed by atoms with Crippen molar-refractivity contribution >= 4 is 11.9 Å². The van der Waals surface area contributed by atoms with Gasteiger partial charge in [-0.3, -0.25) is 4.79 Å². The molecule has 0 fully saturated rings. The summed E-state index contributed by atoms with van der Waals surface area (Å²) < 4.78 is 10.1. The highest BCUT2D eigenvalue weighted by atomic mass is 16.5. The highest BCUT2D eigenvalue weighted by Crippen LogP contribution is 2.16. The van der Waals surface area contributed by atoms with Gasteiger partial charge in [0, 0.05) is 20.2 Å². The van der Waals surface area contributed by atoms with Crippen molar-refractivity contribution < 1.29 is 24.2 Å². The molecule has 0 atom stereocenters. The van der Waals surface area contributed by atoms with Crippen LogP contribution in [0.2, 0.25) is 0 Å². The fourth-order valence-corrected chi connectivity index (χ4v) is 2.24. The van der Waals surface area contributed by atoms with Gasteiger partial charge in [0.2, 0.25) is 0 Å². The zero-order chi connectivity index (χ0) is 18.1. The third kappa shape index (κ3) is 5.61. The number of esters is 1. The number of carbonyl (C=O) groups is 2. The molecule has 0 saturated heterocycles. The molecule has 0 aromatic heterocycles. The largest absolute Gasteiger partial charge is 0.507 e. The molecule has 132 valence electrons. The molecule has 1 N–H and O–H groups in total. The molecule has 25 heavy (non-hydrogen) atoms. The van der Waals surface area contributed by atoms with Crippen molar-refractivity contribution in [2.24, 2.45) is 0 Å². The molecular formula is C19H21NO5. The van der Waals surface area contributed by atoms with Crippen LogP contribution in [0.25, 0.3) is 0 Å². The number of methoxy groups -OCH3 is 1. The smallest absolute Gasteiger partial charge is 0.342 e. The van der Waals surface area contributed by atoms with E-state index in [1.165, 1.54) is 12.1 Å². The standard InChI is InChI=1S/C19H21NO5/c1-24-12-11-20(13-15-7-3-2-4-8-15)18(22)14-25-19(23)16-9-5-6-10-17(16)21/h2-10,21H,11-14H2,1H3. The van der Waals surface area contributed by atoms with E-state index in [-0.39, 0.29) is 17.2 Å². The first-order valence-corrected chi connectivity index (χ1v) is 7.87. The van der Waals surface area contributed by atoms with Crippen molar-refractivity contribution in [1.82, 2.24) is 4.90 Å². The summed E-state index contributed by atoms with van der Waals surface area (Å²) in [5, 5.41) is 9.65. The van der Waals surface area contributed by atoms with Gasteiger partial charge >= 0.3 is 5.97 Å². The molecule has 0 saturated carbocycles. The molecule has 6 nitrogen and oxygen atoms in total. The summed E-state index contributed by atoms with van der Waals surface area (Å²) in [4.78, 5) is 26.0. The van der Waals surface area contributed by atoms with E-state index in [9.17, 15) is 14.7 Å². The second-order valence-electron chi connectivity index (χ2n) is 5.39. The van der Waals surface area contributed by atoms with E-state index in [1.807, 2.05) is 30.3 Å². The minimum absolute atomic E-state index is 0.0294. The predicted octanol–water partition coefficient (Wildman–Crippen LogP) is 2.22. The second-order valence-corrected chi connectivity index (χ2v) is 5.39. The number of para-hydroxylation sites is 1. The minimum Gasteiger partial charge on any atom is -0.507 e. The first kappa shape index (κ1) is 18.5. The Hall–Kier alpha value is -2.86. The number of ether oxygens (including phenoxy) is 2. The number of nitrogens with zero attached hydrogens (tertiary/aromatic N) is 1. The third-order valence-electron chi connectivity index (χ3n) is 3.58. The fraction of sp³-hybridized carbons (Fsp3) is 0.263. The van der Waals surface area contributed by atoms with Crippen LogP contribution in [0.4, 0.5) is 0 Å². The summed E-state index contributed by atoms with van der Waals surface area (Å²) in [7, 11) is 1.56. The Morgan fingerprint density at radius 2 is 1.72 bits per heavy atom.